The van der Waals surface area contributed by atoms with Gasteiger partial charge in [0.15, 0.2) is 0 Å². The van der Waals surface area contributed by atoms with Gasteiger partial charge in [0.05, 0.1) is 0 Å². The first-order valence-electron chi connectivity index (χ1n) is 3.66. The van der Waals surface area contributed by atoms with Crippen LogP contribution in [-0.2, 0) is 0 Å². The number of hydrogen-bond acceptors (Lipinski definition) is 1. The predicted octanol–water partition coefficient (Wildman–Crippen LogP) is 0.283. The molecule has 3 heteroatoms. The number of nitrogens with zero attached hydrogens (tertiary/aromatic N) is 1. The van der Waals surface area contributed by atoms with Crippen LogP contribution in [0.15, 0.2) is 17.3 Å². The minimum atomic E-state index is 0.417. The molecule has 0 aromatic carbocycles. The molecule has 1 aliphatic rings. The molecule has 0 bridgehead atoms. The molecule has 1 atom stereocenters. The summed E-state index contributed by atoms with van der Waals surface area (Å²) in [4.78, 5) is 7.40. The molecule has 1 aromatic heterocycles. The number of rotatable bonds is 1. The minimum Gasteiger partial charge on any atom is -0.346 e. The molecular formula is C8H9ClN2. The molecule has 2 rings (SSSR count). The molecule has 0 spiro atoms. The zero-order valence-electron chi connectivity index (χ0n) is 6.05. The molecule has 0 amide bonds. The monoisotopic (exact) mass is 168 g/mol. The van der Waals surface area contributed by atoms with Gasteiger partial charge in [0.2, 0.25) is 0 Å². The summed E-state index contributed by atoms with van der Waals surface area (Å²) in [5.41, 5.74) is 0.992. The van der Waals surface area contributed by atoms with Crippen LogP contribution < -0.4 is 10.7 Å². The van der Waals surface area contributed by atoms with Crippen LogP contribution in [0.4, 0.5) is 0 Å². The number of nitrogens with one attached hydrogen (secondary N) is 1. The maximum absolute atomic E-state index is 5.71. The Morgan fingerprint density at radius 2 is 2.64 bits per heavy atom. The van der Waals surface area contributed by atoms with Crippen LogP contribution in [-0.4, -0.2) is 17.4 Å². The van der Waals surface area contributed by atoms with E-state index in [0.29, 0.717) is 11.8 Å². The van der Waals surface area contributed by atoms with E-state index in [1.54, 1.807) is 0 Å². The summed E-state index contributed by atoms with van der Waals surface area (Å²) in [5, 5.41) is 1.18. The fraction of sp³-hybridized carbons (Fsp3) is 0.375. The summed E-state index contributed by atoms with van der Waals surface area (Å²) >= 11 is 5.71. The number of H-pyrrole nitrogens is 1. The second-order valence-electron chi connectivity index (χ2n) is 2.70. The van der Waals surface area contributed by atoms with Crippen molar-refractivity contribution in [3.63, 3.8) is 0 Å². The first-order valence-corrected chi connectivity index (χ1v) is 4.19. The van der Waals surface area contributed by atoms with Gasteiger partial charge >= 0.3 is 0 Å². The molecule has 0 saturated carbocycles. The summed E-state index contributed by atoms with van der Waals surface area (Å²) in [6.07, 6.45) is 4.08. The smallest absolute Gasteiger partial charge is 0.132 e. The normalized spacial score (nSPS) is 21.7. The summed E-state index contributed by atoms with van der Waals surface area (Å²) in [7, 11) is 0. The Morgan fingerprint density at radius 1 is 1.73 bits per heavy atom. The van der Waals surface area contributed by atoms with Crippen LogP contribution in [0.1, 0.15) is 0 Å². The molecule has 1 aliphatic heterocycles. The Labute approximate surface area is 69.6 Å². The van der Waals surface area contributed by atoms with Crippen molar-refractivity contribution in [2.45, 2.75) is 0 Å². The summed E-state index contributed by atoms with van der Waals surface area (Å²) in [5.74, 6) is 1.08. The van der Waals surface area contributed by atoms with Crippen LogP contribution in [0.2, 0.25) is 0 Å². The molecule has 1 aromatic rings. The third kappa shape index (κ3) is 1.18. The summed E-state index contributed by atoms with van der Waals surface area (Å²) < 4.78 is 0. The summed E-state index contributed by atoms with van der Waals surface area (Å²) in [6.45, 7) is 0.816. The highest BCUT2D eigenvalue weighted by Crippen LogP contribution is 2.02. The van der Waals surface area contributed by atoms with Crippen molar-refractivity contribution in [3.05, 3.63) is 23.0 Å². The molecule has 2 heterocycles. The van der Waals surface area contributed by atoms with E-state index in [1.165, 1.54) is 5.22 Å². The fourth-order valence-corrected chi connectivity index (χ4v) is 1.44. The van der Waals surface area contributed by atoms with E-state index in [0.717, 1.165) is 12.0 Å². The highest BCUT2D eigenvalue weighted by Gasteiger charge is 2.06. The standard InChI is InChI=1S/C8H9ClN2/c9-4-6-3-7-1-2-10-8(7)11-5-6/h1-3,6H,4-5H2,(H,10,11)/t6-/m0/s1. The van der Waals surface area contributed by atoms with Gasteiger partial charge in [-0.3, -0.25) is 4.99 Å². The van der Waals surface area contributed by atoms with Gasteiger partial charge in [-0.2, -0.15) is 0 Å². The van der Waals surface area contributed by atoms with Crippen molar-refractivity contribution >= 4 is 17.7 Å². The fourth-order valence-electron chi connectivity index (χ4n) is 1.25. The Hall–Kier alpha value is -0.760. The summed E-state index contributed by atoms with van der Waals surface area (Å²) in [6, 6.07) is 2.03. The van der Waals surface area contributed by atoms with Gasteiger partial charge in [0, 0.05) is 29.8 Å². The first-order chi connectivity index (χ1) is 5.40. The number of aromatic nitrogens is 1. The minimum absolute atomic E-state index is 0.417. The third-order valence-corrected chi connectivity index (χ3v) is 2.25. The van der Waals surface area contributed by atoms with E-state index in [1.807, 2.05) is 12.3 Å². The van der Waals surface area contributed by atoms with E-state index in [-0.39, 0.29) is 0 Å². The highest BCUT2D eigenvalue weighted by molar-refractivity contribution is 6.18. The van der Waals surface area contributed by atoms with Gasteiger partial charge < -0.3 is 4.98 Å². The lowest BCUT2D eigenvalue weighted by Gasteiger charge is -2.06. The molecule has 0 saturated heterocycles. The van der Waals surface area contributed by atoms with E-state index in [9.17, 15) is 0 Å². The van der Waals surface area contributed by atoms with Crippen molar-refractivity contribution < 1.29 is 0 Å². The van der Waals surface area contributed by atoms with Crippen LogP contribution >= 0.6 is 11.6 Å². The highest BCUT2D eigenvalue weighted by atomic mass is 35.5. The van der Waals surface area contributed by atoms with Crippen LogP contribution in [0.5, 0.6) is 0 Å². The van der Waals surface area contributed by atoms with Gasteiger partial charge in [-0.1, -0.05) is 6.08 Å². The largest absolute Gasteiger partial charge is 0.346 e. The Kier molecular flexibility index (Phi) is 1.70. The zero-order chi connectivity index (χ0) is 7.68. The van der Waals surface area contributed by atoms with Gasteiger partial charge in [0.1, 0.15) is 5.49 Å². The topological polar surface area (TPSA) is 28.1 Å². The van der Waals surface area contributed by atoms with Gasteiger partial charge in [-0.15, -0.1) is 11.6 Å². The van der Waals surface area contributed by atoms with Gasteiger partial charge in [-0.05, 0) is 6.07 Å². The van der Waals surface area contributed by atoms with Crippen molar-refractivity contribution in [1.82, 2.24) is 4.98 Å². The second-order valence-corrected chi connectivity index (χ2v) is 3.01. The molecular weight excluding hydrogens is 160 g/mol. The molecule has 0 aliphatic carbocycles. The van der Waals surface area contributed by atoms with Crippen molar-refractivity contribution in [3.8, 4) is 0 Å². The van der Waals surface area contributed by atoms with Crippen molar-refractivity contribution in [2.24, 2.45) is 10.9 Å². The Morgan fingerprint density at radius 3 is 3.45 bits per heavy atom. The first kappa shape index (κ1) is 6.92. The Balaban J connectivity index is 2.53. The lowest BCUT2D eigenvalue weighted by molar-refractivity contribution is 0.747. The number of fused-ring (bicyclic) bond motifs is 1. The van der Waals surface area contributed by atoms with E-state index in [2.05, 4.69) is 16.1 Å². The molecule has 0 unspecified atom stereocenters. The molecule has 0 radical (unpaired) electrons. The number of hydrogen-bond donors (Lipinski definition) is 1. The Bertz CT molecular complexity index is 352. The molecule has 2 nitrogen and oxygen atoms in total. The number of halogens is 1. The van der Waals surface area contributed by atoms with Crippen molar-refractivity contribution in [2.75, 3.05) is 12.4 Å². The third-order valence-electron chi connectivity index (χ3n) is 1.85. The second kappa shape index (κ2) is 2.70. The van der Waals surface area contributed by atoms with Crippen LogP contribution in [0, 0.1) is 5.92 Å². The maximum Gasteiger partial charge on any atom is 0.132 e. The number of aromatic amines is 1. The molecule has 58 valence electrons. The number of alkyl halides is 1. The lowest BCUT2D eigenvalue weighted by Crippen LogP contribution is -2.30. The lowest BCUT2D eigenvalue weighted by atomic mass is 10.1. The van der Waals surface area contributed by atoms with Gasteiger partial charge in [0.25, 0.3) is 0 Å². The molecule has 0 fully saturated rings. The predicted molar refractivity (Wildman–Crippen MR) is 45.1 cm³/mol. The molecule has 1 N–H and O–H groups in total. The van der Waals surface area contributed by atoms with Crippen molar-refractivity contribution in [1.29, 1.82) is 0 Å². The van der Waals surface area contributed by atoms with E-state index < -0.39 is 0 Å². The van der Waals surface area contributed by atoms with Gasteiger partial charge in [-0.25, -0.2) is 0 Å². The average Bonchev–Trinajstić information content (AvgIpc) is 2.50. The maximum atomic E-state index is 5.71. The molecule has 11 heavy (non-hydrogen) atoms. The zero-order valence-corrected chi connectivity index (χ0v) is 6.80. The van der Waals surface area contributed by atoms with Crippen LogP contribution in [0.25, 0.3) is 6.08 Å². The van der Waals surface area contributed by atoms with E-state index in [4.69, 9.17) is 11.6 Å². The van der Waals surface area contributed by atoms with Crippen LogP contribution in [0.3, 0.4) is 0 Å². The average molecular weight is 169 g/mol. The SMILES string of the molecule is ClC[C@@H]1C=c2cc[nH]c2=NC1. The van der Waals surface area contributed by atoms with E-state index >= 15 is 0 Å². The quantitative estimate of drug-likeness (QED) is 0.584.